The lowest BCUT2D eigenvalue weighted by Gasteiger charge is -2.23. The molecule has 10 aromatic rings. The van der Waals surface area contributed by atoms with Crippen molar-refractivity contribution in [2.75, 3.05) is 11.1 Å². The van der Waals surface area contributed by atoms with Crippen LogP contribution < -0.4 is 22.2 Å². The number of alkyl halides is 3. The van der Waals surface area contributed by atoms with Crippen LogP contribution >= 0.6 is 0 Å². The van der Waals surface area contributed by atoms with Crippen molar-refractivity contribution < 1.29 is 18.0 Å². The van der Waals surface area contributed by atoms with Gasteiger partial charge in [0.05, 0.1) is 39.5 Å². The number of nitrogen functional groups attached to an aromatic ring is 1. The first-order valence-electron chi connectivity index (χ1n) is 23.2. The maximum Gasteiger partial charge on any atom is 0.416 e. The number of anilines is 2. The number of carbonyl (C=O) groups is 1. The molecule has 8 aromatic carbocycles. The Bertz CT molecular complexity index is 3470. The van der Waals surface area contributed by atoms with E-state index in [0.29, 0.717) is 56.9 Å². The van der Waals surface area contributed by atoms with Gasteiger partial charge in [0.25, 0.3) is 11.1 Å². The zero-order valence-electron chi connectivity index (χ0n) is 39.8. The lowest BCUT2D eigenvalue weighted by molar-refractivity contribution is -0.137. The lowest BCUT2D eigenvalue weighted by atomic mass is 9.98. The Labute approximate surface area is 414 Å². The first kappa shape index (κ1) is 49.5. The van der Waals surface area contributed by atoms with Crippen molar-refractivity contribution in [2.24, 2.45) is 0 Å². The van der Waals surface area contributed by atoms with Crippen LogP contribution in [0.3, 0.4) is 0 Å². The molecule has 0 radical (unpaired) electrons. The summed E-state index contributed by atoms with van der Waals surface area (Å²) in [4.78, 5) is 46.7. The van der Waals surface area contributed by atoms with E-state index in [-0.39, 0.29) is 23.2 Å². The van der Waals surface area contributed by atoms with Crippen LogP contribution in [0.4, 0.5) is 24.5 Å². The van der Waals surface area contributed by atoms with Gasteiger partial charge >= 0.3 is 6.18 Å². The number of benzene rings is 8. The highest BCUT2D eigenvalue weighted by molar-refractivity contribution is 5.82. The van der Waals surface area contributed by atoms with Crippen molar-refractivity contribution in [3.05, 3.63) is 283 Å². The Balaban J connectivity index is 0.000000171. The third kappa shape index (κ3) is 11.6. The Morgan fingerprint density at radius 3 is 1.38 bits per heavy atom. The van der Waals surface area contributed by atoms with E-state index >= 15 is 0 Å². The number of fused-ring (bicyclic) bond motifs is 2. The number of nitrogens with zero attached hydrogens (tertiary/aromatic N) is 4. The van der Waals surface area contributed by atoms with Crippen LogP contribution in [0.25, 0.3) is 21.8 Å². The molecule has 0 saturated heterocycles. The van der Waals surface area contributed by atoms with Crippen LogP contribution in [0.1, 0.15) is 73.0 Å². The molecule has 0 fully saturated rings. The summed E-state index contributed by atoms with van der Waals surface area (Å²) >= 11 is 0. The van der Waals surface area contributed by atoms with E-state index in [1.54, 1.807) is 39.5 Å². The van der Waals surface area contributed by atoms with E-state index in [1.807, 2.05) is 172 Å². The van der Waals surface area contributed by atoms with Crippen molar-refractivity contribution in [3.63, 3.8) is 0 Å². The van der Waals surface area contributed by atoms with E-state index in [9.17, 15) is 27.6 Å². The molecule has 72 heavy (non-hydrogen) atoms. The van der Waals surface area contributed by atoms with Gasteiger partial charge in [0.2, 0.25) is 0 Å². The summed E-state index contributed by atoms with van der Waals surface area (Å²) in [6, 6.07) is 62.2. The fourth-order valence-electron chi connectivity index (χ4n) is 8.54. The van der Waals surface area contributed by atoms with E-state index in [4.69, 9.17) is 10.7 Å². The summed E-state index contributed by atoms with van der Waals surface area (Å²) < 4.78 is 42.0. The van der Waals surface area contributed by atoms with Crippen LogP contribution in [0, 0.1) is 20.8 Å². The van der Waals surface area contributed by atoms with E-state index in [0.717, 1.165) is 46.2 Å². The molecule has 2 aromatic heterocycles. The minimum absolute atomic E-state index is 0.0856. The first-order valence-corrected chi connectivity index (χ1v) is 23.2. The second kappa shape index (κ2) is 22.2. The average Bonchev–Trinajstić information content (AvgIpc) is 3.40. The zero-order chi connectivity index (χ0) is 50.8. The Kier molecular flexibility index (Phi) is 15.3. The van der Waals surface area contributed by atoms with Crippen LogP contribution in [-0.2, 0) is 12.7 Å². The summed E-state index contributed by atoms with van der Waals surface area (Å²) in [6.45, 7) is 6.01. The predicted octanol–water partition coefficient (Wildman–Crippen LogP) is 12.7. The fraction of sp³-hybridized carbons (Fsp3) is 0.117. The number of nitrogens with two attached hydrogens (primary N) is 1. The number of aromatic nitrogens is 4. The summed E-state index contributed by atoms with van der Waals surface area (Å²) in [5.74, 6) is 1.27. The molecule has 12 heteroatoms. The molecule has 0 aliphatic rings. The second-order valence-corrected chi connectivity index (χ2v) is 17.2. The standard InChI is InChI=1S/C30H24F3N3O.C22H19N3O.C8H8O/c1-20-35-27-17-16-25(34-19-21-12-14-24(15-13-21)30(31,32)33)18-26(27)29(37)36(20)28(22-8-4-2-5-9-22)23-10-6-3-7-11-23;1-15-24-20-13-12-18(23)14-19(20)22(26)25(15)21(16-8-4-2-5-9-16)17-10-6-3-7-11-17;1-7-2-4-8(6-9)5-3-7/h2-18,28,34H,19H2,1H3;2-14,21H,23H2,1H3;2-6H,1H3. The molecular formula is C60H51F3N6O3. The van der Waals surface area contributed by atoms with Crippen LogP contribution in [-0.4, -0.2) is 25.4 Å². The molecular weight excluding hydrogens is 910 g/mol. The molecule has 3 N–H and O–H groups in total. The largest absolute Gasteiger partial charge is 0.416 e. The van der Waals surface area contributed by atoms with Gasteiger partial charge in [-0.25, -0.2) is 9.97 Å². The molecule has 0 saturated carbocycles. The SMILES string of the molecule is Cc1ccc(C=O)cc1.Cc1nc2ccc(N)cc2c(=O)n1C(c1ccccc1)c1ccccc1.Cc1nc2ccc(NCc3ccc(C(F)(F)F)cc3)cc2c(=O)n1C(c1ccccc1)c1ccccc1. The summed E-state index contributed by atoms with van der Waals surface area (Å²) in [7, 11) is 0. The number of rotatable bonds is 10. The first-order chi connectivity index (χ1) is 34.8. The lowest BCUT2D eigenvalue weighted by Crippen LogP contribution is -2.29. The highest BCUT2D eigenvalue weighted by atomic mass is 19.4. The fourth-order valence-corrected chi connectivity index (χ4v) is 8.54. The maximum absolute atomic E-state index is 13.9. The molecule has 0 amide bonds. The van der Waals surface area contributed by atoms with Crippen molar-refractivity contribution in [3.8, 4) is 0 Å². The van der Waals surface area contributed by atoms with Gasteiger partial charge in [-0.05, 0) is 97.1 Å². The van der Waals surface area contributed by atoms with Gasteiger partial charge in [0.1, 0.15) is 17.9 Å². The van der Waals surface area contributed by atoms with E-state index < -0.39 is 11.7 Å². The molecule has 0 aliphatic carbocycles. The molecule has 0 spiro atoms. The van der Waals surface area contributed by atoms with E-state index in [1.165, 1.54) is 17.7 Å². The predicted molar refractivity (Wildman–Crippen MR) is 281 cm³/mol. The number of hydrogen-bond acceptors (Lipinski definition) is 7. The van der Waals surface area contributed by atoms with Crippen molar-refractivity contribution >= 4 is 39.5 Å². The molecule has 0 atom stereocenters. The van der Waals surface area contributed by atoms with Crippen molar-refractivity contribution in [2.45, 2.75) is 45.6 Å². The van der Waals surface area contributed by atoms with E-state index in [2.05, 4.69) is 10.3 Å². The molecule has 0 unspecified atom stereocenters. The number of carbonyl (C=O) groups excluding carboxylic acids is 1. The third-order valence-corrected chi connectivity index (χ3v) is 12.1. The van der Waals surface area contributed by atoms with Crippen LogP contribution in [0.15, 0.2) is 216 Å². The maximum atomic E-state index is 13.9. The summed E-state index contributed by atoms with van der Waals surface area (Å²) in [6.07, 6.45) is -3.52. The normalized spacial score (nSPS) is 11.2. The van der Waals surface area contributed by atoms with Gasteiger partial charge in [-0.15, -0.1) is 0 Å². The molecule has 10 rings (SSSR count). The van der Waals surface area contributed by atoms with Gasteiger partial charge in [-0.2, -0.15) is 13.2 Å². The molecule has 360 valence electrons. The van der Waals surface area contributed by atoms with Gasteiger partial charge < -0.3 is 11.1 Å². The number of halogens is 3. The topological polar surface area (TPSA) is 125 Å². The average molecular weight is 961 g/mol. The quantitative estimate of drug-likeness (QED) is 0.103. The molecule has 0 aliphatic heterocycles. The van der Waals surface area contributed by atoms with Gasteiger partial charge in [-0.3, -0.25) is 23.5 Å². The number of aldehydes is 1. The minimum Gasteiger partial charge on any atom is -0.399 e. The van der Waals surface area contributed by atoms with Gasteiger partial charge in [0.15, 0.2) is 0 Å². The Hall–Kier alpha value is -8.90. The summed E-state index contributed by atoms with van der Waals surface area (Å²) in [5.41, 5.74) is 14.1. The monoisotopic (exact) mass is 960 g/mol. The van der Waals surface area contributed by atoms with Crippen molar-refractivity contribution in [1.82, 2.24) is 19.1 Å². The molecule has 9 nitrogen and oxygen atoms in total. The number of nitrogens with one attached hydrogen (secondary N) is 1. The van der Waals surface area contributed by atoms with Crippen molar-refractivity contribution in [1.29, 1.82) is 0 Å². The number of hydrogen-bond donors (Lipinski definition) is 2. The third-order valence-electron chi connectivity index (χ3n) is 12.1. The van der Waals surface area contributed by atoms with Crippen LogP contribution in [0.2, 0.25) is 0 Å². The highest BCUT2D eigenvalue weighted by Gasteiger charge is 2.30. The zero-order valence-corrected chi connectivity index (χ0v) is 39.8. The Morgan fingerprint density at radius 2 is 0.958 bits per heavy atom. The van der Waals surface area contributed by atoms with Crippen LogP contribution in [0.5, 0.6) is 0 Å². The smallest absolute Gasteiger partial charge is 0.399 e. The summed E-state index contributed by atoms with van der Waals surface area (Å²) in [5, 5.41) is 4.20. The molecule has 2 heterocycles. The molecule has 0 bridgehead atoms. The van der Waals surface area contributed by atoms with Gasteiger partial charge in [0, 0.05) is 23.5 Å². The number of aryl methyl sites for hydroxylation is 3. The minimum atomic E-state index is -4.37. The Morgan fingerprint density at radius 1 is 0.542 bits per heavy atom. The van der Waals surface area contributed by atoms with Gasteiger partial charge in [-0.1, -0.05) is 163 Å². The highest BCUT2D eigenvalue weighted by Crippen LogP contribution is 2.31. The second-order valence-electron chi connectivity index (χ2n) is 17.2.